The predicted molar refractivity (Wildman–Crippen MR) is 98.2 cm³/mol. The molecule has 1 fully saturated rings. The van der Waals surface area contributed by atoms with Gasteiger partial charge in [0.05, 0.1) is 11.0 Å². The zero-order valence-corrected chi connectivity index (χ0v) is 14.7. The number of aryl methyl sites for hydroxylation is 1. The van der Waals surface area contributed by atoms with E-state index >= 15 is 0 Å². The van der Waals surface area contributed by atoms with Crippen molar-refractivity contribution in [3.63, 3.8) is 0 Å². The maximum Gasteiger partial charge on any atom is 0.200 e. The second-order valence-corrected chi connectivity index (χ2v) is 6.68. The van der Waals surface area contributed by atoms with E-state index in [1.807, 2.05) is 12.1 Å². The summed E-state index contributed by atoms with van der Waals surface area (Å²) in [4.78, 5) is 7.13. The molecule has 0 saturated carbocycles. The molecule has 8 nitrogen and oxygen atoms in total. The number of nitrogens with zero attached hydrogens (tertiary/aromatic N) is 8. The third-order valence-corrected chi connectivity index (χ3v) is 5.19. The number of aromatic nitrogens is 7. The molecule has 0 unspecified atom stereocenters. The number of tetrazole rings is 1. The number of rotatable bonds is 3. The lowest BCUT2D eigenvalue weighted by molar-refractivity contribution is 0.393. The topological polar surface area (TPSA) is 77.0 Å². The molecule has 132 valence electrons. The van der Waals surface area contributed by atoms with E-state index in [1.54, 1.807) is 0 Å². The van der Waals surface area contributed by atoms with Crippen molar-refractivity contribution in [2.45, 2.75) is 32.2 Å². The summed E-state index contributed by atoms with van der Waals surface area (Å²) in [6.45, 7) is 4.10. The Morgan fingerprint density at radius 3 is 2.77 bits per heavy atom. The van der Waals surface area contributed by atoms with Gasteiger partial charge >= 0.3 is 0 Å². The maximum atomic E-state index is 4.82. The molecule has 0 aliphatic carbocycles. The van der Waals surface area contributed by atoms with Crippen LogP contribution in [0.5, 0.6) is 0 Å². The molecular formula is C18H20N8. The summed E-state index contributed by atoms with van der Waals surface area (Å²) >= 11 is 0. The van der Waals surface area contributed by atoms with Crippen molar-refractivity contribution in [2.24, 2.45) is 0 Å². The van der Waals surface area contributed by atoms with Gasteiger partial charge in [-0.1, -0.05) is 19.1 Å². The minimum Gasteiger partial charge on any atom is -0.355 e. The molecule has 1 aliphatic heterocycles. The fourth-order valence-corrected chi connectivity index (χ4v) is 3.91. The van der Waals surface area contributed by atoms with Gasteiger partial charge in [0.25, 0.3) is 0 Å². The van der Waals surface area contributed by atoms with Crippen molar-refractivity contribution in [3.8, 4) is 0 Å². The summed E-state index contributed by atoms with van der Waals surface area (Å²) in [5.74, 6) is 2.10. The Kier molecular flexibility index (Phi) is 3.55. The number of hydrogen-bond acceptors (Lipinski definition) is 6. The standard InChI is InChI=1S/C18H20N8/c1-2-16-19-14-5-3-4-6-15(14)25(16)13-9-11-24(12-10-13)18-8-7-17-20-22-23-26(17)21-18/h3-8,13H,2,9-12H2,1H3. The highest BCUT2D eigenvalue weighted by Gasteiger charge is 2.25. The van der Waals surface area contributed by atoms with Gasteiger partial charge in [-0.3, -0.25) is 0 Å². The van der Waals surface area contributed by atoms with Crippen LogP contribution in [0.3, 0.4) is 0 Å². The van der Waals surface area contributed by atoms with Crippen LogP contribution < -0.4 is 4.90 Å². The highest BCUT2D eigenvalue weighted by molar-refractivity contribution is 5.76. The van der Waals surface area contributed by atoms with E-state index in [4.69, 9.17) is 4.98 Å². The van der Waals surface area contributed by atoms with Crippen LogP contribution in [0.4, 0.5) is 5.82 Å². The first kappa shape index (κ1) is 15.2. The van der Waals surface area contributed by atoms with E-state index in [9.17, 15) is 0 Å². The summed E-state index contributed by atoms with van der Waals surface area (Å²) in [5.41, 5.74) is 3.01. The number of hydrogen-bond donors (Lipinski definition) is 0. The molecule has 8 heteroatoms. The van der Waals surface area contributed by atoms with Gasteiger partial charge in [-0.05, 0) is 47.5 Å². The zero-order chi connectivity index (χ0) is 17.5. The largest absolute Gasteiger partial charge is 0.355 e. The molecule has 4 aromatic rings. The number of imidazole rings is 1. The molecule has 26 heavy (non-hydrogen) atoms. The van der Waals surface area contributed by atoms with Crippen LogP contribution in [0.2, 0.25) is 0 Å². The third-order valence-electron chi connectivity index (χ3n) is 5.19. The number of anilines is 1. The van der Waals surface area contributed by atoms with Gasteiger partial charge in [0.1, 0.15) is 5.82 Å². The molecule has 0 spiro atoms. The predicted octanol–water partition coefficient (Wildman–Crippen LogP) is 2.27. The van der Waals surface area contributed by atoms with Gasteiger partial charge in [0, 0.05) is 25.6 Å². The molecule has 5 rings (SSSR count). The minimum atomic E-state index is 0.477. The fraction of sp³-hybridized carbons (Fsp3) is 0.389. The molecule has 1 aliphatic rings. The van der Waals surface area contributed by atoms with Gasteiger partial charge in [-0.2, -0.15) is 0 Å². The molecule has 4 heterocycles. The van der Waals surface area contributed by atoms with Crippen LogP contribution in [0.1, 0.15) is 31.6 Å². The Hall–Kier alpha value is -3.03. The number of para-hydroxylation sites is 2. The van der Waals surface area contributed by atoms with Gasteiger partial charge in [0.2, 0.25) is 0 Å². The van der Waals surface area contributed by atoms with E-state index in [0.717, 1.165) is 43.7 Å². The van der Waals surface area contributed by atoms with E-state index < -0.39 is 0 Å². The van der Waals surface area contributed by atoms with Crippen molar-refractivity contribution >= 4 is 22.5 Å². The summed E-state index contributed by atoms with van der Waals surface area (Å²) in [6.07, 6.45) is 3.10. The highest BCUT2D eigenvalue weighted by atomic mass is 15.6. The SMILES string of the molecule is CCc1nc2ccccc2n1C1CCN(c2ccc3nnnn3n2)CC1. The Labute approximate surface area is 150 Å². The van der Waals surface area contributed by atoms with Gasteiger partial charge < -0.3 is 9.47 Å². The number of piperidine rings is 1. The van der Waals surface area contributed by atoms with E-state index in [1.165, 1.54) is 16.0 Å². The smallest absolute Gasteiger partial charge is 0.200 e. The summed E-state index contributed by atoms with van der Waals surface area (Å²) < 4.78 is 3.94. The van der Waals surface area contributed by atoms with Crippen LogP contribution in [-0.4, -0.2) is 47.9 Å². The lowest BCUT2D eigenvalue weighted by Gasteiger charge is -2.34. The highest BCUT2D eigenvalue weighted by Crippen LogP contribution is 2.30. The van der Waals surface area contributed by atoms with Crippen molar-refractivity contribution in [1.82, 2.24) is 34.8 Å². The van der Waals surface area contributed by atoms with Crippen molar-refractivity contribution in [3.05, 3.63) is 42.2 Å². The molecule has 0 atom stereocenters. The second-order valence-electron chi connectivity index (χ2n) is 6.68. The molecule has 0 bridgehead atoms. The van der Waals surface area contributed by atoms with Crippen LogP contribution >= 0.6 is 0 Å². The van der Waals surface area contributed by atoms with Crippen molar-refractivity contribution in [2.75, 3.05) is 18.0 Å². The number of benzene rings is 1. The third kappa shape index (κ3) is 2.40. The van der Waals surface area contributed by atoms with Gasteiger partial charge in [-0.25, -0.2) is 4.98 Å². The average Bonchev–Trinajstić information content (AvgIpc) is 3.31. The lowest BCUT2D eigenvalue weighted by Crippen LogP contribution is -2.35. The Balaban J connectivity index is 1.40. The summed E-state index contributed by atoms with van der Waals surface area (Å²) in [6, 6.07) is 12.8. The monoisotopic (exact) mass is 348 g/mol. The van der Waals surface area contributed by atoms with E-state index in [-0.39, 0.29) is 0 Å². The molecule has 0 N–H and O–H groups in total. The average molecular weight is 348 g/mol. The quantitative estimate of drug-likeness (QED) is 0.565. The molecule has 0 radical (unpaired) electrons. The fourth-order valence-electron chi connectivity index (χ4n) is 3.91. The number of fused-ring (bicyclic) bond motifs is 2. The first-order valence-electron chi connectivity index (χ1n) is 9.09. The van der Waals surface area contributed by atoms with E-state index in [0.29, 0.717) is 11.7 Å². The lowest BCUT2D eigenvalue weighted by atomic mass is 10.0. The molecule has 0 amide bonds. The zero-order valence-electron chi connectivity index (χ0n) is 14.7. The van der Waals surface area contributed by atoms with Gasteiger partial charge in [0.15, 0.2) is 11.5 Å². The molecule has 1 aromatic carbocycles. The van der Waals surface area contributed by atoms with Crippen molar-refractivity contribution < 1.29 is 0 Å². The maximum absolute atomic E-state index is 4.82. The van der Waals surface area contributed by atoms with Crippen LogP contribution in [0.25, 0.3) is 16.7 Å². The van der Waals surface area contributed by atoms with Crippen LogP contribution in [0, 0.1) is 0 Å². The van der Waals surface area contributed by atoms with Crippen LogP contribution in [-0.2, 0) is 6.42 Å². The summed E-state index contributed by atoms with van der Waals surface area (Å²) in [5, 5.41) is 16.0. The molecular weight excluding hydrogens is 328 g/mol. The first-order chi connectivity index (χ1) is 12.8. The van der Waals surface area contributed by atoms with E-state index in [2.05, 4.69) is 61.3 Å². The first-order valence-corrected chi connectivity index (χ1v) is 9.09. The normalized spacial score (nSPS) is 16.0. The van der Waals surface area contributed by atoms with Crippen molar-refractivity contribution in [1.29, 1.82) is 0 Å². The van der Waals surface area contributed by atoms with Gasteiger partial charge in [-0.15, -0.1) is 14.8 Å². The Bertz CT molecular complexity index is 1060. The summed E-state index contributed by atoms with van der Waals surface area (Å²) in [7, 11) is 0. The van der Waals surface area contributed by atoms with Crippen LogP contribution in [0.15, 0.2) is 36.4 Å². The Morgan fingerprint density at radius 1 is 1.08 bits per heavy atom. The molecule has 3 aromatic heterocycles. The molecule has 1 saturated heterocycles. The Morgan fingerprint density at radius 2 is 1.92 bits per heavy atom. The minimum absolute atomic E-state index is 0.477. The second kappa shape index (κ2) is 6.05.